The first-order valence-electron chi connectivity index (χ1n) is 5.21. The van der Waals surface area contributed by atoms with E-state index in [4.69, 9.17) is 0 Å². The lowest BCUT2D eigenvalue weighted by atomic mass is 10.0. The maximum atomic E-state index is 4.51. The van der Waals surface area contributed by atoms with Gasteiger partial charge in [0.1, 0.15) is 5.82 Å². The van der Waals surface area contributed by atoms with Crippen molar-refractivity contribution in [2.75, 3.05) is 13.6 Å². The Labute approximate surface area is 85.0 Å². The smallest absolute Gasteiger partial charge is 0.125 e. The third-order valence-corrected chi connectivity index (χ3v) is 2.92. The molecule has 0 saturated heterocycles. The molecule has 1 aliphatic carbocycles. The normalized spacial score (nSPS) is 19.8. The minimum Gasteiger partial charge on any atom is -0.319 e. The zero-order chi connectivity index (χ0) is 10.1. The lowest BCUT2D eigenvalue weighted by molar-refractivity contribution is 0.620. The summed E-state index contributed by atoms with van der Waals surface area (Å²) in [5.41, 5.74) is 3.84. The quantitative estimate of drug-likeness (QED) is 0.766. The number of likely N-dealkylation sites (N-methyl/N-ethyl adjacent to an activating group) is 1. The van der Waals surface area contributed by atoms with Crippen LogP contribution in [-0.4, -0.2) is 23.6 Å². The number of fused-ring (bicyclic) bond motifs is 1. The van der Waals surface area contributed by atoms with Crippen molar-refractivity contribution in [1.29, 1.82) is 0 Å². The van der Waals surface area contributed by atoms with Gasteiger partial charge in [0.25, 0.3) is 0 Å². The van der Waals surface area contributed by atoms with Gasteiger partial charge in [-0.1, -0.05) is 0 Å². The van der Waals surface area contributed by atoms with E-state index in [0.29, 0.717) is 5.92 Å². The van der Waals surface area contributed by atoms with Crippen LogP contribution in [0.25, 0.3) is 0 Å². The number of rotatable bonds is 2. The van der Waals surface area contributed by atoms with Gasteiger partial charge in [0, 0.05) is 23.9 Å². The molecule has 76 valence electrons. The van der Waals surface area contributed by atoms with Gasteiger partial charge >= 0.3 is 0 Å². The van der Waals surface area contributed by atoms with Crippen LogP contribution >= 0.6 is 0 Å². The highest BCUT2D eigenvalue weighted by molar-refractivity contribution is 5.33. The summed E-state index contributed by atoms with van der Waals surface area (Å²) in [6.07, 6.45) is 2.33. The maximum absolute atomic E-state index is 4.51. The largest absolute Gasteiger partial charge is 0.319 e. The topological polar surface area (TPSA) is 37.8 Å². The average molecular weight is 191 g/mol. The molecule has 0 saturated carbocycles. The van der Waals surface area contributed by atoms with Gasteiger partial charge in [-0.2, -0.15) is 0 Å². The van der Waals surface area contributed by atoms with Gasteiger partial charge in [0.2, 0.25) is 0 Å². The molecule has 1 aromatic heterocycles. The Kier molecular flexibility index (Phi) is 2.50. The average Bonchev–Trinajstić information content (AvgIpc) is 2.49. The molecular formula is C11H17N3. The lowest BCUT2D eigenvalue weighted by Gasteiger charge is -2.12. The summed E-state index contributed by atoms with van der Waals surface area (Å²) in [7, 11) is 2.00. The van der Waals surface area contributed by atoms with Gasteiger partial charge in [-0.15, -0.1) is 0 Å². The number of aryl methyl sites for hydroxylation is 3. The summed E-state index contributed by atoms with van der Waals surface area (Å²) < 4.78 is 0. The predicted octanol–water partition coefficient (Wildman–Crippen LogP) is 1.34. The van der Waals surface area contributed by atoms with Crippen molar-refractivity contribution in [3.8, 4) is 0 Å². The highest BCUT2D eigenvalue weighted by Gasteiger charge is 2.25. The van der Waals surface area contributed by atoms with E-state index in [-0.39, 0.29) is 0 Å². The van der Waals surface area contributed by atoms with Crippen molar-refractivity contribution in [3.63, 3.8) is 0 Å². The van der Waals surface area contributed by atoms with Crippen molar-refractivity contribution in [1.82, 2.24) is 15.3 Å². The fourth-order valence-electron chi connectivity index (χ4n) is 2.42. The van der Waals surface area contributed by atoms with Gasteiger partial charge in [0.05, 0.1) is 0 Å². The Morgan fingerprint density at radius 1 is 1.36 bits per heavy atom. The summed E-state index contributed by atoms with van der Waals surface area (Å²) in [4.78, 5) is 8.95. The number of hydrogen-bond donors (Lipinski definition) is 1. The minimum absolute atomic E-state index is 0.621. The molecule has 0 radical (unpaired) electrons. The first-order valence-corrected chi connectivity index (χ1v) is 5.21. The molecule has 0 fully saturated rings. The molecule has 0 aliphatic heterocycles. The van der Waals surface area contributed by atoms with Crippen LogP contribution in [0.3, 0.4) is 0 Å². The van der Waals surface area contributed by atoms with Crippen molar-refractivity contribution >= 4 is 0 Å². The second kappa shape index (κ2) is 3.65. The minimum atomic E-state index is 0.621. The molecule has 0 amide bonds. The zero-order valence-electron chi connectivity index (χ0n) is 9.09. The van der Waals surface area contributed by atoms with Crippen LogP contribution in [0.5, 0.6) is 0 Å². The number of nitrogens with one attached hydrogen (secondary N) is 1. The van der Waals surface area contributed by atoms with E-state index < -0.39 is 0 Å². The van der Waals surface area contributed by atoms with E-state index in [1.54, 1.807) is 0 Å². The zero-order valence-corrected chi connectivity index (χ0v) is 9.09. The second-order valence-electron chi connectivity index (χ2n) is 4.01. The molecule has 2 rings (SSSR count). The van der Waals surface area contributed by atoms with Crippen LogP contribution < -0.4 is 5.32 Å². The summed E-state index contributed by atoms with van der Waals surface area (Å²) in [5, 5.41) is 3.24. The molecule has 1 aliphatic rings. The molecule has 1 aromatic rings. The van der Waals surface area contributed by atoms with Crippen molar-refractivity contribution in [2.24, 2.45) is 0 Å². The van der Waals surface area contributed by atoms with E-state index >= 15 is 0 Å². The highest BCUT2D eigenvalue weighted by Crippen LogP contribution is 2.32. The van der Waals surface area contributed by atoms with Crippen LogP contribution in [-0.2, 0) is 6.42 Å². The van der Waals surface area contributed by atoms with Crippen LogP contribution in [0.2, 0.25) is 0 Å². The van der Waals surface area contributed by atoms with Gasteiger partial charge in [-0.3, -0.25) is 0 Å². The number of nitrogens with zero attached hydrogens (tertiary/aromatic N) is 2. The molecule has 14 heavy (non-hydrogen) atoms. The Bertz CT molecular complexity index is 347. The van der Waals surface area contributed by atoms with E-state index in [2.05, 4.69) is 22.2 Å². The first kappa shape index (κ1) is 9.59. The molecule has 3 heteroatoms. The monoisotopic (exact) mass is 191 g/mol. The summed E-state index contributed by atoms with van der Waals surface area (Å²) >= 11 is 0. The van der Waals surface area contributed by atoms with E-state index in [0.717, 1.165) is 18.8 Å². The van der Waals surface area contributed by atoms with Crippen LogP contribution in [0.15, 0.2) is 0 Å². The fraction of sp³-hybridized carbons (Fsp3) is 0.636. The number of hydrogen-bond acceptors (Lipinski definition) is 3. The summed E-state index contributed by atoms with van der Waals surface area (Å²) in [5.74, 6) is 1.53. The third kappa shape index (κ3) is 1.52. The molecule has 0 spiro atoms. The van der Waals surface area contributed by atoms with E-state index in [1.807, 2.05) is 14.0 Å². The van der Waals surface area contributed by atoms with Gasteiger partial charge in [-0.25, -0.2) is 9.97 Å². The third-order valence-electron chi connectivity index (χ3n) is 2.92. The van der Waals surface area contributed by atoms with Crippen LogP contribution in [0.1, 0.15) is 35.1 Å². The fourth-order valence-corrected chi connectivity index (χ4v) is 2.42. The highest BCUT2D eigenvalue weighted by atomic mass is 14.9. The standard InChI is InChI=1S/C11H17N3/c1-7-11-9(6-12-3)4-5-10(11)14-8(2)13-7/h9,12H,4-6H2,1-3H3. The SMILES string of the molecule is CNCC1CCc2nc(C)nc(C)c21. The molecule has 1 atom stereocenters. The van der Waals surface area contributed by atoms with Crippen LogP contribution in [0, 0.1) is 13.8 Å². The Morgan fingerprint density at radius 2 is 2.14 bits per heavy atom. The predicted molar refractivity (Wildman–Crippen MR) is 56.5 cm³/mol. The van der Waals surface area contributed by atoms with E-state index in [9.17, 15) is 0 Å². The van der Waals surface area contributed by atoms with E-state index in [1.165, 1.54) is 23.4 Å². The second-order valence-corrected chi connectivity index (χ2v) is 4.01. The molecule has 0 aromatic carbocycles. The first-order chi connectivity index (χ1) is 6.72. The van der Waals surface area contributed by atoms with Gasteiger partial charge < -0.3 is 5.32 Å². The summed E-state index contributed by atoms with van der Waals surface area (Å²) in [6, 6.07) is 0. The van der Waals surface area contributed by atoms with Crippen molar-refractivity contribution in [2.45, 2.75) is 32.6 Å². The lowest BCUT2D eigenvalue weighted by Crippen LogP contribution is -2.16. The molecule has 0 bridgehead atoms. The van der Waals surface area contributed by atoms with Crippen molar-refractivity contribution < 1.29 is 0 Å². The van der Waals surface area contributed by atoms with Gasteiger partial charge in [-0.05, 0) is 39.3 Å². The molecule has 1 unspecified atom stereocenters. The number of aromatic nitrogens is 2. The molecule has 1 heterocycles. The van der Waals surface area contributed by atoms with Crippen molar-refractivity contribution in [3.05, 3.63) is 22.8 Å². The Balaban J connectivity index is 2.39. The molecular weight excluding hydrogens is 174 g/mol. The molecule has 3 nitrogen and oxygen atoms in total. The maximum Gasteiger partial charge on any atom is 0.125 e. The Hall–Kier alpha value is -0.960. The van der Waals surface area contributed by atoms with Gasteiger partial charge in [0.15, 0.2) is 0 Å². The molecule has 1 N–H and O–H groups in total. The van der Waals surface area contributed by atoms with Crippen LogP contribution in [0.4, 0.5) is 0 Å². The summed E-state index contributed by atoms with van der Waals surface area (Å²) in [6.45, 7) is 5.11. The Morgan fingerprint density at radius 3 is 2.86 bits per heavy atom.